The van der Waals surface area contributed by atoms with Crippen molar-refractivity contribution in [3.8, 4) is 0 Å². The van der Waals surface area contributed by atoms with Gasteiger partial charge < -0.3 is 5.11 Å². The summed E-state index contributed by atoms with van der Waals surface area (Å²) in [6.45, 7) is 2.20. The van der Waals surface area contributed by atoms with Crippen LogP contribution in [0.1, 0.15) is 50.2 Å². The first-order valence-electron chi connectivity index (χ1n) is 10.6. The minimum absolute atomic E-state index is 0.105. The molecule has 1 saturated carbocycles. The molecule has 0 atom stereocenters. The van der Waals surface area contributed by atoms with Crippen LogP contribution in [0.3, 0.4) is 0 Å². The molecule has 6 heteroatoms. The molecule has 0 bridgehead atoms. The first-order chi connectivity index (χ1) is 14.5. The zero-order valence-corrected chi connectivity index (χ0v) is 18.0. The van der Waals surface area contributed by atoms with E-state index in [1.54, 1.807) is 60.3 Å². The summed E-state index contributed by atoms with van der Waals surface area (Å²) in [4.78, 5) is 25.9. The molecular weight excluding hydrogens is 396 g/mol. The molecule has 0 unspecified atom stereocenters. The molecule has 5 nitrogen and oxygen atoms in total. The number of thioether (sulfide) groups is 1. The summed E-state index contributed by atoms with van der Waals surface area (Å²) in [5.41, 5.74) is 1.88. The lowest BCUT2D eigenvalue weighted by atomic mass is 9.83. The van der Waals surface area contributed by atoms with Crippen molar-refractivity contribution < 1.29 is 14.7 Å². The Morgan fingerprint density at radius 2 is 1.63 bits per heavy atom. The van der Waals surface area contributed by atoms with Gasteiger partial charge in [0.05, 0.1) is 5.75 Å². The predicted octanol–water partition coefficient (Wildman–Crippen LogP) is 3.83. The van der Waals surface area contributed by atoms with Crippen LogP contribution in [-0.2, 0) is 15.2 Å². The molecule has 1 spiro atoms. The number of hydrazine groups is 1. The Morgan fingerprint density at radius 3 is 2.13 bits per heavy atom. The van der Waals surface area contributed by atoms with Crippen LogP contribution in [0.25, 0.3) is 0 Å². The molecular formula is C24H28N2O3S. The molecule has 2 aromatic carbocycles. The lowest BCUT2D eigenvalue weighted by Crippen LogP contribution is -2.60. The lowest BCUT2D eigenvalue weighted by molar-refractivity contribution is -0.152. The molecule has 4 rings (SSSR count). The molecule has 2 fully saturated rings. The van der Waals surface area contributed by atoms with Crippen LogP contribution < -0.4 is 5.43 Å². The van der Waals surface area contributed by atoms with Crippen LogP contribution in [0.15, 0.2) is 60.7 Å². The largest absolute Gasteiger partial charge is 0.372 e. The molecule has 1 saturated heterocycles. The number of aliphatic hydroxyl groups is 1. The van der Waals surface area contributed by atoms with Crippen LogP contribution in [0.5, 0.6) is 0 Å². The van der Waals surface area contributed by atoms with E-state index in [-0.39, 0.29) is 5.91 Å². The second-order valence-corrected chi connectivity index (χ2v) is 9.54. The molecule has 1 heterocycles. The second-order valence-electron chi connectivity index (χ2n) is 8.20. The molecule has 2 amide bonds. The van der Waals surface area contributed by atoms with Gasteiger partial charge in [0.2, 0.25) is 0 Å². The summed E-state index contributed by atoms with van der Waals surface area (Å²) < 4.78 is 0. The number of hydrogen-bond acceptors (Lipinski definition) is 4. The smallest absolute Gasteiger partial charge is 0.279 e. The van der Waals surface area contributed by atoms with Crippen molar-refractivity contribution in [3.05, 3.63) is 71.8 Å². The van der Waals surface area contributed by atoms with E-state index in [4.69, 9.17) is 0 Å². The Kier molecular flexibility index (Phi) is 5.89. The highest BCUT2D eigenvalue weighted by Crippen LogP contribution is 2.48. The summed E-state index contributed by atoms with van der Waals surface area (Å²) in [6.07, 6.45) is 4.95. The van der Waals surface area contributed by atoms with Crippen molar-refractivity contribution in [2.75, 3.05) is 5.75 Å². The summed E-state index contributed by atoms with van der Waals surface area (Å²) in [6, 6.07) is 17.8. The van der Waals surface area contributed by atoms with Gasteiger partial charge >= 0.3 is 0 Å². The minimum Gasteiger partial charge on any atom is -0.372 e. The van der Waals surface area contributed by atoms with Crippen molar-refractivity contribution in [1.82, 2.24) is 10.4 Å². The van der Waals surface area contributed by atoms with Crippen molar-refractivity contribution in [2.24, 2.45) is 5.92 Å². The third-order valence-electron chi connectivity index (χ3n) is 6.51. The van der Waals surface area contributed by atoms with E-state index in [0.717, 1.165) is 32.1 Å². The Hall–Kier alpha value is -2.31. The van der Waals surface area contributed by atoms with Crippen LogP contribution >= 0.6 is 11.8 Å². The van der Waals surface area contributed by atoms with Gasteiger partial charge in [-0.3, -0.25) is 15.0 Å². The number of amides is 2. The minimum atomic E-state index is -1.89. The average Bonchev–Trinajstić information content (AvgIpc) is 3.10. The maximum absolute atomic E-state index is 13.5. The zero-order chi connectivity index (χ0) is 21.2. The number of carbonyl (C=O) groups excluding carboxylic acids is 2. The molecule has 0 aromatic heterocycles. The number of hydrogen-bond donors (Lipinski definition) is 2. The Labute approximate surface area is 181 Å². The highest BCUT2D eigenvalue weighted by molar-refractivity contribution is 8.01. The zero-order valence-electron chi connectivity index (χ0n) is 17.2. The van der Waals surface area contributed by atoms with E-state index in [0.29, 0.717) is 22.8 Å². The molecule has 30 heavy (non-hydrogen) atoms. The lowest BCUT2D eigenvalue weighted by Gasteiger charge is -2.43. The first kappa shape index (κ1) is 20.9. The number of benzene rings is 2. The maximum atomic E-state index is 13.5. The summed E-state index contributed by atoms with van der Waals surface area (Å²) in [7, 11) is 0. The fourth-order valence-corrected chi connectivity index (χ4v) is 5.91. The summed E-state index contributed by atoms with van der Waals surface area (Å²) >= 11 is 1.62. The van der Waals surface area contributed by atoms with Gasteiger partial charge in [0.25, 0.3) is 11.8 Å². The first-order valence-corrected chi connectivity index (χ1v) is 11.6. The van der Waals surface area contributed by atoms with E-state index in [1.165, 1.54) is 5.01 Å². The number of rotatable bonds is 5. The quantitative estimate of drug-likeness (QED) is 0.766. The van der Waals surface area contributed by atoms with Crippen molar-refractivity contribution in [3.63, 3.8) is 0 Å². The number of nitrogens with one attached hydrogen (secondary N) is 1. The van der Waals surface area contributed by atoms with E-state index in [9.17, 15) is 14.7 Å². The van der Waals surface area contributed by atoms with Gasteiger partial charge in [-0.15, -0.1) is 11.8 Å². The van der Waals surface area contributed by atoms with E-state index in [1.807, 2.05) is 12.1 Å². The molecule has 2 aliphatic rings. The normalized spacial score (nSPS) is 24.3. The third kappa shape index (κ3) is 3.63. The Bertz CT molecular complexity index is 856. The van der Waals surface area contributed by atoms with E-state index >= 15 is 0 Å². The third-order valence-corrected chi connectivity index (χ3v) is 8.03. The molecule has 1 aliphatic heterocycles. The topological polar surface area (TPSA) is 69.6 Å². The van der Waals surface area contributed by atoms with E-state index < -0.39 is 16.4 Å². The van der Waals surface area contributed by atoms with Crippen LogP contribution in [-0.4, -0.2) is 32.6 Å². The molecule has 2 aromatic rings. The Morgan fingerprint density at radius 1 is 1.10 bits per heavy atom. The van der Waals surface area contributed by atoms with Gasteiger partial charge in [-0.05, 0) is 42.7 Å². The molecule has 2 N–H and O–H groups in total. The summed E-state index contributed by atoms with van der Waals surface area (Å²) in [5, 5.41) is 13.2. The Balaban J connectivity index is 1.65. The van der Waals surface area contributed by atoms with Gasteiger partial charge in [-0.2, -0.15) is 0 Å². The van der Waals surface area contributed by atoms with Crippen molar-refractivity contribution >= 4 is 23.6 Å². The fraction of sp³-hybridized carbons (Fsp3) is 0.417. The highest BCUT2D eigenvalue weighted by Gasteiger charge is 2.51. The molecule has 0 radical (unpaired) electrons. The van der Waals surface area contributed by atoms with Gasteiger partial charge in [-0.1, -0.05) is 74.0 Å². The van der Waals surface area contributed by atoms with Gasteiger partial charge in [0, 0.05) is 0 Å². The average molecular weight is 425 g/mol. The monoisotopic (exact) mass is 424 g/mol. The number of nitrogens with zero attached hydrogens (tertiary/aromatic N) is 1. The van der Waals surface area contributed by atoms with Gasteiger partial charge in [0.15, 0.2) is 5.60 Å². The van der Waals surface area contributed by atoms with Crippen molar-refractivity contribution in [2.45, 2.75) is 49.5 Å². The van der Waals surface area contributed by atoms with Gasteiger partial charge in [-0.25, -0.2) is 5.01 Å². The SMILES string of the molecule is CCC1CCC2(CC1)SCC(=O)N2NC(=O)C(O)(c1ccccc1)c1ccccc1. The van der Waals surface area contributed by atoms with Crippen molar-refractivity contribution in [1.29, 1.82) is 0 Å². The number of carbonyl (C=O) groups is 2. The standard InChI is InChI=1S/C24H28N2O3S/c1-2-18-13-15-23(16-14-18)26(21(27)17-30-23)25-22(28)24(29,19-9-5-3-6-10-19)20-11-7-4-8-12-20/h3-12,18,29H,2,13-17H2,1H3,(H,25,28). The fourth-order valence-electron chi connectivity index (χ4n) is 4.59. The molecule has 158 valence electrons. The molecule has 1 aliphatic carbocycles. The van der Waals surface area contributed by atoms with Crippen LogP contribution in [0.2, 0.25) is 0 Å². The van der Waals surface area contributed by atoms with Crippen LogP contribution in [0.4, 0.5) is 0 Å². The predicted molar refractivity (Wildman–Crippen MR) is 118 cm³/mol. The highest BCUT2D eigenvalue weighted by atomic mass is 32.2. The maximum Gasteiger partial charge on any atom is 0.279 e. The van der Waals surface area contributed by atoms with Crippen LogP contribution in [0, 0.1) is 5.92 Å². The van der Waals surface area contributed by atoms with E-state index in [2.05, 4.69) is 12.3 Å². The second kappa shape index (κ2) is 8.44. The van der Waals surface area contributed by atoms with Gasteiger partial charge in [0.1, 0.15) is 4.87 Å². The summed E-state index contributed by atoms with van der Waals surface area (Å²) in [5.74, 6) is 0.321.